The van der Waals surface area contributed by atoms with Gasteiger partial charge in [0.2, 0.25) is 0 Å². The molecule has 1 aliphatic carbocycles. The Kier molecular flexibility index (Phi) is 6.17. The Balaban J connectivity index is 1.35. The Labute approximate surface area is 141 Å². The van der Waals surface area contributed by atoms with Gasteiger partial charge < -0.3 is 15.1 Å². The van der Waals surface area contributed by atoms with Crippen molar-refractivity contribution in [1.29, 1.82) is 0 Å². The van der Waals surface area contributed by atoms with Crippen molar-refractivity contribution in [1.82, 2.24) is 20.0 Å². The molecule has 2 aliphatic heterocycles. The van der Waals surface area contributed by atoms with Crippen LogP contribution in [0.3, 0.4) is 0 Å². The van der Waals surface area contributed by atoms with Gasteiger partial charge in [0, 0.05) is 45.3 Å². The molecule has 1 atom stereocenters. The molecule has 0 spiro atoms. The standard InChI is InChI=1S/C18H34N4O/c1-20-9-5-4-8-17(20)15-21-10-12-22(13-11-21)18(23)19-14-16-6-2-3-7-16/h16-17H,2-15H2,1H3,(H,19,23)/t17-/m1/s1. The number of carbonyl (C=O) groups is 1. The van der Waals surface area contributed by atoms with Crippen LogP contribution in [-0.4, -0.2) is 79.6 Å². The van der Waals surface area contributed by atoms with Crippen LogP contribution < -0.4 is 5.32 Å². The van der Waals surface area contributed by atoms with E-state index in [4.69, 9.17) is 0 Å². The number of nitrogens with zero attached hydrogens (tertiary/aromatic N) is 3. The highest BCUT2D eigenvalue weighted by molar-refractivity contribution is 5.74. The van der Waals surface area contributed by atoms with Gasteiger partial charge in [0.15, 0.2) is 0 Å². The zero-order chi connectivity index (χ0) is 16.1. The van der Waals surface area contributed by atoms with E-state index in [1.807, 2.05) is 4.90 Å². The second-order valence-electron chi connectivity index (χ2n) is 7.75. The Hall–Kier alpha value is -0.810. The first kappa shape index (κ1) is 17.0. The predicted molar refractivity (Wildman–Crippen MR) is 93.6 cm³/mol. The lowest BCUT2D eigenvalue weighted by Crippen LogP contribution is -2.55. The summed E-state index contributed by atoms with van der Waals surface area (Å²) in [4.78, 5) is 19.4. The SMILES string of the molecule is CN1CCCC[C@@H]1CN1CCN(C(=O)NCC2CCCC2)CC1. The maximum Gasteiger partial charge on any atom is 0.317 e. The number of carbonyl (C=O) groups excluding carboxylic acids is 1. The van der Waals surface area contributed by atoms with Crippen LogP contribution in [0, 0.1) is 5.92 Å². The van der Waals surface area contributed by atoms with Crippen LogP contribution in [0.4, 0.5) is 4.79 Å². The highest BCUT2D eigenvalue weighted by atomic mass is 16.2. The summed E-state index contributed by atoms with van der Waals surface area (Å²) in [7, 11) is 2.26. The predicted octanol–water partition coefficient (Wildman–Crippen LogP) is 1.99. The van der Waals surface area contributed by atoms with Crippen molar-refractivity contribution in [3.8, 4) is 0 Å². The summed E-state index contributed by atoms with van der Waals surface area (Å²) in [5.41, 5.74) is 0. The van der Waals surface area contributed by atoms with E-state index in [1.54, 1.807) is 0 Å². The van der Waals surface area contributed by atoms with E-state index < -0.39 is 0 Å². The largest absolute Gasteiger partial charge is 0.338 e. The third-order valence-corrected chi connectivity index (χ3v) is 6.07. The van der Waals surface area contributed by atoms with E-state index >= 15 is 0 Å². The molecule has 3 rings (SSSR count). The van der Waals surface area contributed by atoms with Crippen LogP contribution in [0.15, 0.2) is 0 Å². The van der Waals surface area contributed by atoms with Crippen molar-refractivity contribution < 1.29 is 4.79 Å². The molecule has 23 heavy (non-hydrogen) atoms. The van der Waals surface area contributed by atoms with Crippen molar-refractivity contribution >= 4 is 6.03 Å². The summed E-state index contributed by atoms with van der Waals surface area (Å²) in [5, 5.41) is 3.16. The molecule has 5 heteroatoms. The third kappa shape index (κ3) is 4.83. The highest BCUT2D eigenvalue weighted by Crippen LogP contribution is 2.23. The molecule has 0 radical (unpaired) electrons. The Morgan fingerprint density at radius 1 is 0.957 bits per heavy atom. The minimum Gasteiger partial charge on any atom is -0.338 e. The number of likely N-dealkylation sites (N-methyl/N-ethyl adjacent to an activating group) is 1. The quantitative estimate of drug-likeness (QED) is 0.860. The number of amides is 2. The van der Waals surface area contributed by atoms with Gasteiger partial charge >= 0.3 is 6.03 Å². The fourth-order valence-corrected chi connectivity index (χ4v) is 4.36. The molecular formula is C18H34N4O. The van der Waals surface area contributed by atoms with Crippen molar-refractivity contribution in [2.45, 2.75) is 51.0 Å². The Morgan fingerprint density at radius 3 is 2.35 bits per heavy atom. The summed E-state index contributed by atoms with van der Waals surface area (Å²) >= 11 is 0. The molecule has 1 saturated carbocycles. The van der Waals surface area contributed by atoms with E-state index in [0.29, 0.717) is 6.04 Å². The molecule has 0 aromatic carbocycles. The Bertz CT molecular complexity index is 375. The minimum absolute atomic E-state index is 0.159. The van der Waals surface area contributed by atoms with Crippen LogP contribution >= 0.6 is 0 Å². The van der Waals surface area contributed by atoms with Crippen LogP contribution in [0.5, 0.6) is 0 Å². The third-order valence-electron chi connectivity index (χ3n) is 6.07. The first-order chi connectivity index (χ1) is 11.2. The fraction of sp³-hybridized carbons (Fsp3) is 0.944. The van der Waals surface area contributed by atoms with Crippen molar-refractivity contribution in [2.75, 3.05) is 52.9 Å². The molecule has 132 valence electrons. The molecule has 0 unspecified atom stereocenters. The molecule has 1 N–H and O–H groups in total. The molecule has 5 nitrogen and oxygen atoms in total. The topological polar surface area (TPSA) is 38.8 Å². The summed E-state index contributed by atoms with van der Waals surface area (Å²) < 4.78 is 0. The number of piperazine rings is 1. The van der Waals surface area contributed by atoms with Crippen LogP contribution in [0.1, 0.15) is 44.9 Å². The van der Waals surface area contributed by atoms with Gasteiger partial charge in [-0.05, 0) is 45.2 Å². The van der Waals surface area contributed by atoms with E-state index in [-0.39, 0.29) is 6.03 Å². The molecule has 2 amide bonds. The lowest BCUT2D eigenvalue weighted by Gasteiger charge is -2.40. The summed E-state index contributed by atoms with van der Waals surface area (Å²) in [5.74, 6) is 0.724. The van der Waals surface area contributed by atoms with E-state index in [2.05, 4.69) is 22.2 Å². The number of rotatable bonds is 4. The molecule has 3 fully saturated rings. The maximum absolute atomic E-state index is 12.3. The number of hydrogen-bond acceptors (Lipinski definition) is 3. The average Bonchev–Trinajstić information content (AvgIpc) is 3.09. The molecule has 0 bridgehead atoms. The van der Waals surface area contributed by atoms with E-state index in [9.17, 15) is 4.79 Å². The number of urea groups is 1. The van der Waals surface area contributed by atoms with Gasteiger partial charge in [-0.3, -0.25) is 4.90 Å². The van der Waals surface area contributed by atoms with Crippen molar-refractivity contribution in [2.24, 2.45) is 5.92 Å². The van der Waals surface area contributed by atoms with Gasteiger partial charge in [0.25, 0.3) is 0 Å². The van der Waals surface area contributed by atoms with Crippen LogP contribution in [0.25, 0.3) is 0 Å². The monoisotopic (exact) mass is 322 g/mol. The lowest BCUT2D eigenvalue weighted by atomic mass is 10.0. The van der Waals surface area contributed by atoms with Gasteiger partial charge in [-0.25, -0.2) is 4.79 Å². The minimum atomic E-state index is 0.159. The second kappa shape index (κ2) is 8.34. The Morgan fingerprint density at radius 2 is 1.65 bits per heavy atom. The van der Waals surface area contributed by atoms with Crippen LogP contribution in [0.2, 0.25) is 0 Å². The number of hydrogen-bond donors (Lipinski definition) is 1. The van der Waals surface area contributed by atoms with Crippen LogP contribution in [-0.2, 0) is 0 Å². The second-order valence-corrected chi connectivity index (χ2v) is 7.75. The smallest absolute Gasteiger partial charge is 0.317 e. The molecule has 2 heterocycles. The lowest BCUT2D eigenvalue weighted by molar-refractivity contribution is 0.0928. The first-order valence-electron chi connectivity index (χ1n) is 9.68. The average molecular weight is 322 g/mol. The molecule has 0 aromatic rings. The van der Waals surface area contributed by atoms with Gasteiger partial charge in [-0.15, -0.1) is 0 Å². The number of nitrogens with one attached hydrogen (secondary N) is 1. The normalized spacial score (nSPS) is 28.2. The summed E-state index contributed by atoms with van der Waals surface area (Å²) in [6.07, 6.45) is 9.33. The maximum atomic E-state index is 12.3. The van der Waals surface area contributed by atoms with Crippen molar-refractivity contribution in [3.63, 3.8) is 0 Å². The van der Waals surface area contributed by atoms with Crippen molar-refractivity contribution in [3.05, 3.63) is 0 Å². The highest BCUT2D eigenvalue weighted by Gasteiger charge is 2.26. The summed E-state index contributed by atoms with van der Waals surface area (Å²) in [6, 6.07) is 0.873. The number of piperidine rings is 1. The van der Waals surface area contributed by atoms with Gasteiger partial charge in [-0.1, -0.05) is 19.3 Å². The zero-order valence-corrected chi connectivity index (χ0v) is 14.8. The zero-order valence-electron chi connectivity index (χ0n) is 14.8. The fourth-order valence-electron chi connectivity index (χ4n) is 4.36. The van der Waals surface area contributed by atoms with Gasteiger partial charge in [-0.2, -0.15) is 0 Å². The molecule has 2 saturated heterocycles. The van der Waals surface area contributed by atoms with E-state index in [0.717, 1.165) is 38.6 Å². The summed E-state index contributed by atoms with van der Waals surface area (Å²) in [6.45, 7) is 7.12. The van der Waals surface area contributed by atoms with E-state index in [1.165, 1.54) is 58.0 Å². The van der Waals surface area contributed by atoms with Gasteiger partial charge in [0.1, 0.15) is 0 Å². The molecular weight excluding hydrogens is 288 g/mol. The number of likely N-dealkylation sites (tertiary alicyclic amines) is 1. The first-order valence-corrected chi connectivity index (χ1v) is 9.68. The molecule has 3 aliphatic rings. The van der Waals surface area contributed by atoms with Gasteiger partial charge in [0.05, 0.1) is 0 Å². The molecule has 0 aromatic heterocycles.